The molecule has 0 bridgehead atoms. The largest absolute Gasteiger partial charge is 0.480 e. The lowest BCUT2D eigenvalue weighted by Gasteiger charge is -2.27. The van der Waals surface area contributed by atoms with Crippen LogP contribution in [0.5, 0.6) is 0 Å². The van der Waals surface area contributed by atoms with E-state index in [2.05, 4.69) is 31.5 Å². The smallest absolute Gasteiger partial charge is 0.408 e. The van der Waals surface area contributed by atoms with Crippen molar-refractivity contribution in [3.05, 3.63) is 12.7 Å². The first-order valence-corrected chi connectivity index (χ1v) is 14.4. The first kappa shape index (κ1) is 34.3. The van der Waals surface area contributed by atoms with Crippen molar-refractivity contribution in [2.75, 3.05) is 5.73 Å². The lowest BCUT2D eigenvalue weighted by Crippen LogP contribution is -2.46. The van der Waals surface area contributed by atoms with Crippen LogP contribution in [0.3, 0.4) is 0 Å². The van der Waals surface area contributed by atoms with Gasteiger partial charge in [0.25, 0.3) is 0 Å². The number of nitrogens with zero attached hydrogens (tertiary/aromatic N) is 4. The van der Waals surface area contributed by atoms with Crippen molar-refractivity contribution in [3.8, 4) is 12.3 Å². The first-order valence-electron chi connectivity index (χ1n) is 14.4. The van der Waals surface area contributed by atoms with Crippen molar-refractivity contribution in [2.24, 2.45) is 5.92 Å². The maximum atomic E-state index is 12.8. The molecular weight excluding hydrogens is 574 g/mol. The normalized spacial score (nSPS) is 21.7. The molecule has 0 aromatic carbocycles. The number of hydrogen-bond donors (Lipinski definition) is 5. The van der Waals surface area contributed by atoms with Gasteiger partial charge in [-0.3, -0.25) is 4.57 Å². The fourth-order valence-electron chi connectivity index (χ4n) is 4.97. The van der Waals surface area contributed by atoms with Crippen LogP contribution in [0.25, 0.3) is 11.2 Å². The molecule has 15 heteroatoms. The number of imidazole rings is 1. The molecule has 0 radical (unpaired) electrons. The average molecular weight is 618 g/mol. The third-order valence-electron chi connectivity index (χ3n) is 6.81. The summed E-state index contributed by atoms with van der Waals surface area (Å²) >= 11 is 0. The molecule has 3 rings (SSSR count). The summed E-state index contributed by atoms with van der Waals surface area (Å²) < 4.78 is 18.7. The highest BCUT2D eigenvalue weighted by atomic mass is 16.6. The quantitative estimate of drug-likeness (QED) is 0.230. The van der Waals surface area contributed by atoms with E-state index in [1.165, 1.54) is 12.7 Å². The third kappa shape index (κ3) is 9.42. The zero-order chi connectivity index (χ0) is 32.8. The summed E-state index contributed by atoms with van der Waals surface area (Å²) in [6, 6.07) is -2.02. The Morgan fingerprint density at radius 1 is 1.09 bits per heavy atom. The van der Waals surface area contributed by atoms with Gasteiger partial charge in [-0.15, -0.1) is 12.3 Å². The van der Waals surface area contributed by atoms with Gasteiger partial charge in [-0.1, -0.05) is 0 Å². The van der Waals surface area contributed by atoms with E-state index >= 15 is 0 Å². The standard InChI is InChI=1S/C29H43N7O8/c1-8-9-10-17-21(37)19(42-24(17)36-15-33-20-22(30)31-14-32-23(20)36)13-16(34-26(40)43-28(2,3)4)11-12-18(25(38)39)35-27(41)44-29(5,6)7/h1,14-19,21,24,37H,9-13H2,2-7H3,(H,34,40)(H,35,41)(H,38,39)(H2,30,31,32)/t16-,17+,18-,19+,21-,24+/m0/s1. The van der Waals surface area contributed by atoms with Gasteiger partial charge in [0.1, 0.15) is 35.3 Å². The third-order valence-corrected chi connectivity index (χ3v) is 6.81. The van der Waals surface area contributed by atoms with E-state index in [0.717, 1.165) is 0 Å². The number of aromatic nitrogens is 4. The van der Waals surface area contributed by atoms with Crippen LogP contribution in [0.15, 0.2) is 12.7 Å². The summed E-state index contributed by atoms with van der Waals surface area (Å²) in [6.07, 6.45) is 5.11. The monoisotopic (exact) mass is 617 g/mol. The Morgan fingerprint density at radius 3 is 2.32 bits per heavy atom. The minimum absolute atomic E-state index is 0.0653. The van der Waals surface area contributed by atoms with Crippen LogP contribution in [0, 0.1) is 18.3 Å². The fraction of sp³-hybridized carbons (Fsp3) is 0.655. The van der Waals surface area contributed by atoms with E-state index in [-0.39, 0.29) is 25.1 Å². The van der Waals surface area contributed by atoms with Gasteiger partial charge in [0.2, 0.25) is 0 Å². The van der Waals surface area contributed by atoms with Crippen molar-refractivity contribution in [1.82, 2.24) is 30.2 Å². The lowest BCUT2D eigenvalue weighted by atomic mass is 9.91. The topological polar surface area (TPSA) is 213 Å². The number of ether oxygens (including phenoxy) is 3. The predicted molar refractivity (Wildman–Crippen MR) is 159 cm³/mol. The number of aliphatic carboxylic acids is 1. The number of carbonyl (C=O) groups is 3. The van der Waals surface area contributed by atoms with E-state index in [1.807, 2.05) is 0 Å². The second-order valence-corrected chi connectivity index (χ2v) is 12.7. The van der Waals surface area contributed by atoms with Crippen LogP contribution in [0.1, 0.15) is 79.9 Å². The molecule has 0 unspecified atom stereocenters. The number of rotatable bonds is 11. The molecule has 2 amide bonds. The molecule has 1 aliphatic heterocycles. The van der Waals surface area contributed by atoms with Gasteiger partial charge in [0, 0.05) is 18.4 Å². The first-order chi connectivity index (χ1) is 20.5. The number of aliphatic hydroxyl groups excluding tert-OH is 1. The number of hydrogen-bond acceptors (Lipinski definition) is 11. The van der Waals surface area contributed by atoms with E-state index in [1.54, 1.807) is 46.1 Å². The summed E-state index contributed by atoms with van der Waals surface area (Å²) in [5.41, 5.74) is 5.14. The van der Waals surface area contributed by atoms with E-state index in [0.29, 0.717) is 24.0 Å². The van der Waals surface area contributed by atoms with E-state index in [4.69, 9.17) is 26.4 Å². The summed E-state index contributed by atoms with van der Waals surface area (Å²) in [5, 5.41) is 26.3. The number of amides is 2. The van der Waals surface area contributed by atoms with Crippen LogP contribution >= 0.6 is 0 Å². The number of nitrogens with two attached hydrogens (primary N) is 1. The Labute approximate surface area is 256 Å². The number of carbonyl (C=O) groups excluding carboxylic acids is 2. The van der Waals surface area contributed by atoms with Crippen molar-refractivity contribution in [3.63, 3.8) is 0 Å². The SMILES string of the molecule is C#CCC[C@@H]1[C@H](O)[C@@H](C[C@H](CC[C@H](NC(=O)OC(C)(C)C)C(=O)O)NC(=O)OC(C)(C)C)O[C@H]1n1cnc2c(N)ncnc21. The maximum absolute atomic E-state index is 12.8. The highest BCUT2D eigenvalue weighted by Crippen LogP contribution is 2.41. The average Bonchev–Trinajstić information content (AvgIpc) is 3.44. The number of alkyl carbamates (subject to hydrolysis) is 2. The highest BCUT2D eigenvalue weighted by Gasteiger charge is 2.45. The van der Waals surface area contributed by atoms with Gasteiger partial charge in [-0.05, 0) is 67.2 Å². The fourth-order valence-corrected chi connectivity index (χ4v) is 4.97. The number of carboxylic acids is 1. The molecule has 44 heavy (non-hydrogen) atoms. The molecule has 0 saturated carbocycles. The minimum Gasteiger partial charge on any atom is -0.480 e. The van der Waals surface area contributed by atoms with Crippen molar-refractivity contribution in [2.45, 2.75) is 115 Å². The van der Waals surface area contributed by atoms with Gasteiger partial charge in [0.05, 0.1) is 18.5 Å². The molecule has 6 N–H and O–H groups in total. The van der Waals surface area contributed by atoms with Crippen molar-refractivity contribution >= 4 is 35.1 Å². The zero-order valence-electron chi connectivity index (χ0n) is 25.9. The van der Waals surface area contributed by atoms with Gasteiger partial charge in [-0.25, -0.2) is 29.3 Å². The highest BCUT2D eigenvalue weighted by molar-refractivity contribution is 5.81. The molecule has 242 valence electrons. The molecule has 1 saturated heterocycles. The Morgan fingerprint density at radius 2 is 1.73 bits per heavy atom. The summed E-state index contributed by atoms with van der Waals surface area (Å²) in [6.45, 7) is 10.1. The van der Waals surface area contributed by atoms with Gasteiger partial charge in [-0.2, -0.15) is 0 Å². The molecule has 1 fully saturated rings. The number of terminal acetylenes is 1. The summed E-state index contributed by atoms with van der Waals surface area (Å²) in [5.74, 6) is 1.05. The molecule has 15 nitrogen and oxygen atoms in total. The van der Waals surface area contributed by atoms with Gasteiger partial charge >= 0.3 is 18.2 Å². The number of aliphatic hydroxyl groups is 1. The number of nitrogens with one attached hydrogen (secondary N) is 2. The van der Waals surface area contributed by atoms with Crippen LogP contribution in [-0.2, 0) is 19.0 Å². The molecular formula is C29H43N7O8. The van der Waals surface area contributed by atoms with Gasteiger partial charge < -0.3 is 40.8 Å². The minimum atomic E-state index is -1.30. The number of fused-ring (bicyclic) bond motifs is 1. The summed E-state index contributed by atoms with van der Waals surface area (Å²) in [7, 11) is 0. The molecule has 3 heterocycles. The second kappa shape index (κ2) is 14.1. The van der Waals surface area contributed by atoms with Crippen LogP contribution in [-0.4, -0.2) is 83.4 Å². The molecule has 1 aliphatic rings. The van der Waals surface area contributed by atoms with Crippen LogP contribution in [0.4, 0.5) is 15.4 Å². The Kier molecular flexibility index (Phi) is 11.0. The van der Waals surface area contributed by atoms with Gasteiger partial charge in [0.15, 0.2) is 11.5 Å². The Hall–Kier alpha value is -4.16. The zero-order valence-corrected chi connectivity index (χ0v) is 25.9. The number of anilines is 1. The second-order valence-electron chi connectivity index (χ2n) is 12.7. The van der Waals surface area contributed by atoms with Crippen LogP contribution < -0.4 is 16.4 Å². The molecule has 0 spiro atoms. The van der Waals surface area contributed by atoms with E-state index in [9.17, 15) is 24.6 Å². The lowest BCUT2D eigenvalue weighted by molar-refractivity contribution is -0.139. The van der Waals surface area contributed by atoms with Crippen molar-refractivity contribution < 1.29 is 38.8 Å². The molecule has 2 aromatic rings. The van der Waals surface area contributed by atoms with Crippen molar-refractivity contribution in [1.29, 1.82) is 0 Å². The van der Waals surface area contributed by atoms with E-state index < -0.39 is 65.8 Å². The molecule has 6 atom stereocenters. The Balaban J connectivity index is 1.84. The summed E-state index contributed by atoms with van der Waals surface area (Å²) in [4.78, 5) is 49.6. The van der Waals surface area contributed by atoms with Crippen LogP contribution in [0.2, 0.25) is 0 Å². The Bertz CT molecular complexity index is 1360. The molecule has 2 aromatic heterocycles. The maximum Gasteiger partial charge on any atom is 0.408 e. The number of nitrogen functional groups attached to an aromatic ring is 1. The molecule has 0 aliphatic carbocycles. The number of carboxylic acid groups (broad SMARTS) is 1. The predicted octanol–water partition coefficient (Wildman–Crippen LogP) is 2.74.